The highest BCUT2D eigenvalue weighted by atomic mass is 35.5. The minimum atomic E-state index is 0.176. The third kappa shape index (κ3) is 3.55. The van der Waals surface area contributed by atoms with Gasteiger partial charge in [-0.25, -0.2) is 0 Å². The summed E-state index contributed by atoms with van der Waals surface area (Å²) in [6.07, 6.45) is 6.85. The highest BCUT2D eigenvalue weighted by Crippen LogP contribution is 2.47. The minimum Gasteiger partial charge on any atom is -0.381 e. The van der Waals surface area contributed by atoms with Crippen LogP contribution in [0.1, 0.15) is 51.0 Å². The number of halogens is 1. The van der Waals surface area contributed by atoms with E-state index in [0.717, 1.165) is 37.5 Å². The second kappa shape index (κ2) is 7.44. The lowest BCUT2D eigenvalue weighted by Crippen LogP contribution is -2.50. The third-order valence-corrected chi connectivity index (χ3v) is 4.78. The zero-order chi connectivity index (χ0) is 14.4. The van der Waals surface area contributed by atoms with Crippen LogP contribution in [0.3, 0.4) is 0 Å². The van der Waals surface area contributed by atoms with Gasteiger partial charge in [0.15, 0.2) is 0 Å². The van der Waals surface area contributed by atoms with Gasteiger partial charge in [-0.05, 0) is 49.8 Å². The van der Waals surface area contributed by atoms with Crippen LogP contribution in [0.2, 0.25) is 5.02 Å². The van der Waals surface area contributed by atoms with E-state index < -0.39 is 0 Å². The molecule has 1 saturated carbocycles. The molecule has 0 bridgehead atoms. The summed E-state index contributed by atoms with van der Waals surface area (Å²) in [5, 5.41) is 0.796. The van der Waals surface area contributed by atoms with Crippen LogP contribution >= 0.6 is 11.6 Å². The smallest absolute Gasteiger partial charge is 0.0466 e. The van der Waals surface area contributed by atoms with Crippen molar-refractivity contribution in [2.45, 2.75) is 56.9 Å². The largest absolute Gasteiger partial charge is 0.381 e. The summed E-state index contributed by atoms with van der Waals surface area (Å²) in [5.41, 5.74) is 8.04. The first-order valence-corrected chi connectivity index (χ1v) is 8.16. The molecule has 3 heteroatoms. The van der Waals surface area contributed by atoms with Gasteiger partial charge in [-0.15, -0.1) is 0 Å². The monoisotopic (exact) mass is 295 g/mol. The summed E-state index contributed by atoms with van der Waals surface area (Å²) in [6.45, 7) is 3.82. The summed E-state index contributed by atoms with van der Waals surface area (Å²) in [7, 11) is 0. The molecule has 1 aromatic rings. The van der Waals surface area contributed by atoms with Gasteiger partial charge in [0.05, 0.1) is 0 Å². The van der Waals surface area contributed by atoms with Crippen molar-refractivity contribution in [3.8, 4) is 0 Å². The summed E-state index contributed by atoms with van der Waals surface area (Å²) in [6, 6.07) is 8.48. The molecule has 2 rings (SSSR count). The third-order valence-electron chi connectivity index (χ3n) is 4.53. The van der Waals surface area contributed by atoms with Crippen molar-refractivity contribution in [1.29, 1.82) is 0 Å². The van der Waals surface area contributed by atoms with E-state index in [-0.39, 0.29) is 11.5 Å². The quantitative estimate of drug-likeness (QED) is 0.726. The molecule has 0 radical (unpaired) electrons. The Kier molecular flexibility index (Phi) is 5.88. The zero-order valence-electron chi connectivity index (χ0n) is 12.4. The molecule has 2 nitrogen and oxygen atoms in total. The highest BCUT2D eigenvalue weighted by Gasteiger charge is 2.43. The van der Waals surface area contributed by atoms with Crippen LogP contribution in [0.5, 0.6) is 0 Å². The van der Waals surface area contributed by atoms with Gasteiger partial charge in [-0.3, -0.25) is 0 Å². The zero-order valence-corrected chi connectivity index (χ0v) is 13.2. The molecule has 0 amide bonds. The van der Waals surface area contributed by atoms with Crippen molar-refractivity contribution >= 4 is 11.6 Å². The van der Waals surface area contributed by atoms with Gasteiger partial charge in [0, 0.05) is 29.7 Å². The van der Waals surface area contributed by atoms with E-state index in [4.69, 9.17) is 22.1 Å². The Morgan fingerprint density at radius 3 is 2.50 bits per heavy atom. The van der Waals surface area contributed by atoms with Gasteiger partial charge < -0.3 is 10.5 Å². The van der Waals surface area contributed by atoms with Gasteiger partial charge in [0.1, 0.15) is 0 Å². The molecule has 1 unspecified atom stereocenters. The van der Waals surface area contributed by atoms with Crippen molar-refractivity contribution in [2.24, 2.45) is 5.73 Å². The van der Waals surface area contributed by atoms with Gasteiger partial charge in [-0.1, -0.05) is 37.1 Å². The predicted octanol–water partition coefficient (Wildman–Crippen LogP) is 4.30. The van der Waals surface area contributed by atoms with E-state index in [9.17, 15) is 0 Å². The molecular weight excluding hydrogens is 270 g/mol. The molecule has 20 heavy (non-hydrogen) atoms. The highest BCUT2D eigenvalue weighted by molar-refractivity contribution is 6.30. The van der Waals surface area contributed by atoms with Crippen LogP contribution in [0.25, 0.3) is 0 Å². The maximum Gasteiger partial charge on any atom is 0.0466 e. The Morgan fingerprint density at radius 1 is 1.25 bits per heavy atom. The number of rotatable bonds is 8. The van der Waals surface area contributed by atoms with Gasteiger partial charge in [-0.2, -0.15) is 0 Å². The van der Waals surface area contributed by atoms with Crippen LogP contribution in [-0.4, -0.2) is 19.3 Å². The van der Waals surface area contributed by atoms with Crippen LogP contribution in [-0.2, 0) is 10.2 Å². The molecule has 0 aliphatic heterocycles. The van der Waals surface area contributed by atoms with Crippen molar-refractivity contribution in [2.75, 3.05) is 13.2 Å². The lowest BCUT2D eigenvalue weighted by Gasteiger charge is -2.47. The fourth-order valence-electron chi connectivity index (χ4n) is 3.14. The molecule has 0 saturated heterocycles. The summed E-state index contributed by atoms with van der Waals surface area (Å²) in [4.78, 5) is 0. The number of hydrogen-bond acceptors (Lipinski definition) is 2. The molecule has 1 aliphatic carbocycles. The van der Waals surface area contributed by atoms with Crippen LogP contribution in [0, 0.1) is 0 Å². The normalized spacial score (nSPS) is 18.6. The van der Waals surface area contributed by atoms with Gasteiger partial charge in [0.2, 0.25) is 0 Å². The predicted molar refractivity (Wildman–Crippen MR) is 85.3 cm³/mol. The molecule has 0 heterocycles. The first kappa shape index (κ1) is 15.8. The van der Waals surface area contributed by atoms with Gasteiger partial charge in [0.25, 0.3) is 0 Å². The number of hydrogen-bond donors (Lipinski definition) is 1. The first-order chi connectivity index (χ1) is 9.69. The van der Waals surface area contributed by atoms with Crippen LogP contribution in [0.4, 0.5) is 0 Å². The lowest BCUT2D eigenvalue weighted by molar-refractivity contribution is 0.120. The topological polar surface area (TPSA) is 35.2 Å². The Morgan fingerprint density at radius 2 is 1.95 bits per heavy atom. The Labute approximate surface area is 127 Å². The number of ether oxygens (including phenoxy) is 1. The van der Waals surface area contributed by atoms with Crippen molar-refractivity contribution in [3.63, 3.8) is 0 Å². The summed E-state index contributed by atoms with van der Waals surface area (Å²) in [5.74, 6) is 0. The average Bonchev–Trinajstić information content (AvgIpc) is 2.39. The fraction of sp³-hybridized carbons (Fsp3) is 0.647. The fourth-order valence-corrected chi connectivity index (χ4v) is 3.27. The number of benzene rings is 1. The average molecular weight is 296 g/mol. The molecule has 112 valence electrons. The van der Waals surface area contributed by atoms with E-state index in [1.54, 1.807) is 0 Å². The lowest BCUT2D eigenvalue weighted by atomic mass is 9.59. The summed E-state index contributed by atoms with van der Waals surface area (Å²) < 4.78 is 5.55. The van der Waals surface area contributed by atoms with E-state index in [1.807, 2.05) is 12.1 Å². The van der Waals surface area contributed by atoms with E-state index in [1.165, 1.54) is 24.8 Å². The molecule has 1 fully saturated rings. The molecule has 1 aromatic carbocycles. The van der Waals surface area contributed by atoms with E-state index >= 15 is 0 Å². The Hall–Kier alpha value is -0.570. The van der Waals surface area contributed by atoms with Crippen molar-refractivity contribution in [1.82, 2.24) is 0 Å². The minimum absolute atomic E-state index is 0.176. The molecule has 2 N–H and O–H groups in total. The van der Waals surface area contributed by atoms with Crippen molar-refractivity contribution < 1.29 is 4.74 Å². The number of nitrogens with two attached hydrogens (primary N) is 1. The molecule has 0 spiro atoms. The first-order valence-electron chi connectivity index (χ1n) is 7.78. The van der Waals surface area contributed by atoms with E-state index in [2.05, 4.69) is 19.1 Å². The van der Waals surface area contributed by atoms with Crippen LogP contribution in [0.15, 0.2) is 24.3 Å². The van der Waals surface area contributed by atoms with Crippen LogP contribution < -0.4 is 5.73 Å². The van der Waals surface area contributed by atoms with Gasteiger partial charge >= 0.3 is 0 Å². The maximum absolute atomic E-state index is 6.51. The standard InChI is InChI=1S/C17H26ClNO/c1-2-12-20-13-3-5-16(19)17(10-4-11-17)14-6-8-15(18)9-7-14/h6-9,16H,2-5,10-13,19H2,1H3. The maximum atomic E-state index is 6.51. The molecule has 0 aromatic heterocycles. The Balaban J connectivity index is 1.91. The van der Waals surface area contributed by atoms with E-state index in [0.29, 0.717) is 0 Å². The Bertz CT molecular complexity index is 400. The molecular formula is C17H26ClNO. The summed E-state index contributed by atoms with van der Waals surface area (Å²) >= 11 is 5.99. The second-order valence-corrected chi connectivity index (χ2v) is 6.31. The van der Waals surface area contributed by atoms with Crippen molar-refractivity contribution in [3.05, 3.63) is 34.9 Å². The molecule has 1 atom stereocenters. The second-order valence-electron chi connectivity index (χ2n) is 5.88. The SMILES string of the molecule is CCCOCCCC(N)C1(c2ccc(Cl)cc2)CCC1. The molecule has 1 aliphatic rings.